The molecule has 1 rings (SSSR count). The van der Waals surface area contributed by atoms with E-state index in [2.05, 4.69) is 17.6 Å². The Morgan fingerprint density at radius 3 is 2.50 bits per heavy atom. The Kier molecular flexibility index (Phi) is 6.30. The predicted molar refractivity (Wildman–Crippen MR) is 78.4 cm³/mol. The molecule has 0 bridgehead atoms. The van der Waals surface area contributed by atoms with Gasteiger partial charge in [-0.25, -0.2) is 4.79 Å². The van der Waals surface area contributed by atoms with Gasteiger partial charge in [0.1, 0.15) is 5.60 Å². The van der Waals surface area contributed by atoms with E-state index in [0.29, 0.717) is 31.3 Å². The Morgan fingerprint density at radius 2 is 1.95 bits per heavy atom. The molecule has 2 atom stereocenters. The van der Waals surface area contributed by atoms with E-state index in [1.165, 1.54) is 12.8 Å². The Bertz CT molecular complexity index is 337. The van der Waals surface area contributed by atoms with E-state index < -0.39 is 11.7 Å². The average molecular weight is 284 g/mol. The molecule has 0 saturated heterocycles. The summed E-state index contributed by atoms with van der Waals surface area (Å²) < 4.78 is 5.12. The lowest BCUT2D eigenvalue weighted by atomic mass is 10.1. The Labute approximate surface area is 121 Å². The number of amides is 2. The van der Waals surface area contributed by atoms with E-state index >= 15 is 0 Å². The fourth-order valence-corrected chi connectivity index (χ4v) is 2.39. The minimum absolute atomic E-state index is 0.0785. The summed E-state index contributed by atoms with van der Waals surface area (Å²) in [6.45, 7) is 8.11. The van der Waals surface area contributed by atoms with E-state index in [1.807, 2.05) is 20.8 Å². The highest BCUT2D eigenvalue weighted by molar-refractivity contribution is 5.76. The lowest BCUT2D eigenvalue weighted by Gasteiger charge is -2.20. The number of rotatable bonds is 5. The molecule has 1 saturated carbocycles. The number of hydrogen-bond donors (Lipinski definition) is 2. The normalized spacial score (nSPS) is 22.4. The highest BCUT2D eigenvalue weighted by Crippen LogP contribution is 2.24. The van der Waals surface area contributed by atoms with Crippen molar-refractivity contribution < 1.29 is 14.3 Å². The molecule has 1 aliphatic carbocycles. The van der Waals surface area contributed by atoms with Crippen LogP contribution in [0.3, 0.4) is 0 Å². The summed E-state index contributed by atoms with van der Waals surface area (Å²) >= 11 is 0. The number of ether oxygens (including phenoxy) is 1. The Morgan fingerprint density at radius 1 is 1.25 bits per heavy atom. The number of nitrogens with one attached hydrogen (secondary N) is 2. The molecule has 2 N–H and O–H groups in total. The first kappa shape index (κ1) is 16.8. The second-order valence-corrected chi connectivity index (χ2v) is 6.61. The molecule has 0 spiro atoms. The van der Waals surface area contributed by atoms with Crippen molar-refractivity contribution in [3.8, 4) is 0 Å². The molecule has 1 aliphatic rings. The maximum absolute atomic E-state index is 11.8. The molecule has 2 amide bonds. The molecule has 116 valence electrons. The topological polar surface area (TPSA) is 67.4 Å². The summed E-state index contributed by atoms with van der Waals surface area (Å²) in [5.74, 6) is 0.661. The number of hydrogen-bond acceptors (Lipinski definition) is 3. The van der Waals surface area contributed by atoms with Crippen molar-refractivity contribution in [2.75, 3.05) is 6.54 Å². The van der Waals surface area contributed by atoms with Gasteiger partial charge in [-0.2, -0.15) is 0 Å². The maximum atomic E-state index is 11.8. The van der Waals surface area contributed by atoms with Crippen LogP contribution in [0.25, 0.3) is 0 Å². The second-order valence-electron chi connectivity index (χ2n) is 6.61. The first-order chi connectivity index (χ1) is 9.28. The first-order valence-corrected chi connectivity index (χ1v) is 7.54. The van der Waals surface area contributed by atoms with E-state index in [9.17, 15) is 9.59 Å². The van der Waals surface area contributed by atoms with Gasteiger partial charge in [-0.05, 0) is 46.0 Å². The minimum atomic E-state index is -0.486. The van der Waals surface area contributed by atoms with Gasteiger partial charge >= 0.3 is 6.09 Å². The predicted octanol–water partition coefficient (Wildman–Crippen LogP) is 2.60. The van der Waals surface area contributed by atoms with Gasteiger partial charge in [0.15, 0.2) is 0 Å². The van der Waals surface area contributed by atoms with Crippen LogP contribution in [-0.4, -0.2) is 30.2 Å². The van der Waals surface area contributed by atoms with Crippen LogP contribution in [0.2, 0.25) is 0 Å². The standard InChI is InChI=1S/C15H28N2O3/c1-11-7-5-8-12(11)17-13(18)9-6-10-16-14(19)20-15(2,3)4/h11-12H,5-10H2,1-4H3,(H,16,19)(H,17,18)/t11-,12+/m0/s1. The molecular formula is C15H28N2O3. The number of carbonyl (C=O) groups excluding carboxylic acids is 2. The largest absolute Gasteiger partial charge is 0.444 e. The maximum Gasteiger partial charge on any atom is 0.407 e. The van der Waals surface area contributed by atoms with Crippen molar-refractivity contribution in [1.29, 1.82) is 0 Å². The summed E-state index contributed by atoms with van der Waals surface area (Å²) in [5.41, 5.74) is -0.486. The van der Waals surface area contributed by atoms with Crippen LogP contribution in [0.5, 0.6) is 0 Å². The molecule has 0 aliphatic heterocycles. The highest BCUT2D eigenvalue weighted by atomic mass is 16.6. The van der Waals surface area contributed by atoms with Gasteiger partial charge in [0.25, 0.3) is 0 Å². The first-order valence-electron chi connectivity index (χ1n) is 7.54. The van der Waals surface area contributed by atoms with E-state index in [1.54, 1.807) is 0 Å². The smallest absolute Gasteiger partial charge is 0.407 e. The summed E-state index contributed by atoms with van der Waals surface area (Å²) in [6, 6.07) is 0.335. The highest BCUT2D eigenvalue weighted by Gasteiger charge is 2.24. The van der Waals surface area contributed by atoms with Gasteiger partial charge in [0, 0.05) is 19.0 Å². The molecule has 0 aromatic rings. The van der Waals surface area contributed by atoms with Crippen molar-refractivity contribution in [1.82, 2.24) is 10.6 Å². The molecule has 5 heteroatoms. The molecular weight excluding hydrogens is 256 g/mol. The fraction of sp³-hybridized carbons (Fsp3) is 0.867. The van der Waals surface area contributed by atoms with Crippen molar-refractivity contribution in [3.05, 3.63) is 0 Å². The average Bonchev–Trinajstić information content (AvgIpc) is 2.68. The molecule has 1 fully saturated rings. The van der Waals surface area contributed by atoms with Crippen molar-refractivity contribution in [3.63, 3.8) is 0 Å². The van der Waals surface area contributed by atoms with Crippen molar-refractivity contribution in [2.45, 2.75) is 71.4 Å². The Balaban J connectivity index is 2.09. The monoisotopic (exact) mass is 284 g/mol. The molecule has 0 radical (unpaired) electrons. The van der Waals surface area contributed by atoms with Gasteiger partial charge in [0.05, 0.1) is 0 Å². The van der Waals surface area contributed by atoms with Gasteiger partial charge < -0.3 is 15.4 Å². The zero-order valence-corrected chi connectivity index (χ0v) is 13.1. The Hall–Kier alpha value is -1.26. The third-order valence-corrected chi connectivity index (χ3v) is 3.46. The van der Waals surface area contributed by atoms with Gasteiger partial charge in [0.2, 0.25) is 5.91 Å². The van der Waals surface area contributed by atoms with Crippen LogP contribution in [0.1, 0.15) is 59.8 Å². The minimum Gasteiger partial charge on any atom is -0.444 e. The quantitative estimate of drug-likeness (QED) is 0.763. The summed E-state index contributed by atoms with van der Waals surface area (Å²) in [6.07, 6.45) is 4.13. The van der Waals surface area contributed by atoms with Gasteiger partial charge in [-0.3, -0.25) is 4.79 Å². The SMILES string of the molecule is C[C@H]1CCC[C@H]1NC(=O)CCCNC(=O)OC(C)(C)C. The third kappa shape index (κ3) is 6.78. The molecule has 0 aromatic carbocycles. The lowest BCUT2D eigenvalue weighted by molar-refractivity contribution is -0.122. The fourth-order valence-electron chi connectivity index (χ4n) is 2.39. The number of carbonyl (C=O) groups is 2. The summed E-state index contributed by atoms with van der Waals surface area (Å²) in [4.78, 5) is 23.2. The second kappa shape index (κ2) is 7.50. The summed E-state index contributed by atoms with van der Waals surface area (Å²) in [7, 11) is 0. The van der Waals surface area contributed by atoms with Gasteiger partial charge in [-0.1, -0.05) is 13.3 Å². The van der Waals surface area contributed by atoms with Gasteiger partial charge in [-0.15, -0.1) is 0 Å². The molecule has 0 unspecified atom stereocenters. The molecule has 0 heterocycles. The van der Waals surface area contributed by atoms with Crippen LogP contribution >= 0.6 is 0 Å². The summed E-state index contributed by atoms with van der Waals surface area (Å²) in [5, 5.41) is 5.73. The third-order valence-electron chi connectivity index (χ3n) is 3.46. The van der Waals surface area contributed by atoms with Crippen LogP contribution in [0.4, 0.5) is 4.79 Å². The van der Waals surface area contributed by atoms with Crippen molar-refractivity contribution in [2.24, 2.45) is 5.92 Å². The van der Waals surface area contributed by atoms with Crippen LogP contribution < -0.4 is 10.6 Å². The van der Waals surface area contributed by atoms with Crippen LogP contribution in [0, 0.1) is 5.92 Å². The van der Waals surface area contributed by atoms with Crippen molar-refractivity contribution >= 4 is 12.0 Å². The zero-order valence-electron chi connectivity index (χ0n) is 13.1. The molecule has 20 heavy (non-hydrogen) atoms. The van der Waals surface area contributed by atoms with E-state index in [-0.39, 0.29) is 5.91 Å². The lowest BCUT2D eigenvalue weighted by Crippen LogP contribution is -2.37. The zero-order chi connectivity index (χ0) is 15.2. The van der Waals surface area contributed by atoms with E-state index in [0.717, 1.165) is 6.42 Å². The molecule has 5 nitrogen and oxygen atoms in total. The molecule has 0 aromatic heterocycles. The van der Waals surface area contributed by atoms with E-state index in [4.69, 9.17) is 4.74 Å². The van der Waals surface area contributed by atoms with Crippen LogP contribution in [0.15, 0.2) is 0 Å². The number of alkyl carbamates (subject to hydrolysis) is 1. The van der Waals surface area contributed by atoms with Crippen LogP contribution in [-0.2, 0) is 9.53 Å².